The van der Waals surface area contributed by atoms with Crippen LogP contribution in [0.15, 0.2) is 64.9 Å². The number of sulfonamides is 1. The highest BCUT2D eigenvalue weighted by atomic mass is 32.2. The lowest BCUT2D eigenvalue weighted by molar-refractivity contribution is 0.590. The molecule has 23 heavy (non-hydrogen) atoms. The molecule has 6 heteroatoms. The molecule has 2 rings (SSSR count). The normalized spacial score (nSPS) is 11.9. The molecule has 0 radical (unpaired) electrons. The molecule has 0 aliphatic rings. The minimum Gasteiger partial charge on any atom is -0.212 e. The van der Waals surface area contributed by atoms with Gasteiger partial charge in [0.2, 0.25) is 10.0 Å². The van der Waals surface area contributed by atoms with Gasteiger partial charge in [0.05, 0.1) is 0 Å². The summed E-state index contributed by atoms with van der Waals surface area (Å²) in [6.45, 7) is 0.371. The van der Waals surface area contributed by atoms with Crippen LogP contribution in [0.1, 0.15) is 12.0 Å². The molecule has 2 aromatic carbocycles. The van der Waals surface area contributed by atoms with Crippen molar-refractivity contribution in [3.63, 3.8) is 0 Å². The minimum atomic E-state index is -3.42. The smallest absolute Gasteiger partial charge is 0.212 e. The maximum atomic E-state index is 12.8. The SMILES string of the molecule is O=S(=O)(/C=C/c1ccccc1)NCCCSc1ccc(F)cc1. The molecule has 0 atom stereocenters. The van der Waals surface area contributed by atoms with E-state index in [9.17, 15) is 12.8 Å². The summed E-state index contributed by atoms with van der Waals surface area (Å²) in [6.07, 6.45) is 2.26. The van der Waals surface area contributed by atoms with Gasteiger partial charge in [-0.15, -0.1) is 11.8 Å². The van der Waals surface area contributed by atoms with Crippen LogP contribution in [0.4, 0.5) is 4.39 Å². The lowest BCUT2D eigenvalue weighted by atomic mass is 10.2. The highest BCUT2D eigenvalue weighted by molar-refractivity contribution is 7.99. The van der Waals surface area contributed by atoms with Crippen LogP contribution >= 0.6 is 11.8 Å². The predicted molar refractivity (Wildman–Crippen MR) is 94.1 cm³/mol. The Hall–Kier alpha value is -1.63. The third kappa shape index (κ3) is 6.99. The number of hydrogen-bond acceptors (Lipinski definition) is 3. The highest BCUT2D eigenvalue weighted by Gasteiger charge is 2.04. The second-order valence-electron chi connectivity index (χ2n) is 4.81. The Morgan fingerprint density at radius 2 is 1.74 bits per heavy atom. The molecule has 0 amide bonds. The van der Waals surface area contributed by atoms with E-state index in [0.29, 0.717) is 13.0 Å². The van der Waals surface area contributed by atoms with Crippen molar-refractivity contribution >= 4 is 27.9 Å². The predicted octanol–water partition coefficient (Wildman–Crippen LogP) is 3.90. The second kappa shape index (κ2) is 8.86. The molecule has 0 saturated carbocycles. The average molecular weight is 351 g/mol. The van der Waals surface area contributed by atoms with Crippen molar-refractivity contribution in [2.24, 2.45) is 0 Å². The van der Waals surface area contributed by atoms with Crippen molar-refractivity contribution < 1.29 is 12.8 Å². The van der Waals surface area contributed by atoms with Gasteiger partial charge in [0.25, 0.3) is 0 Å². The van der Waals surface area contributed by atoms with Crippen molar-refractivity contribution in [2.45, 2.75) is 11.3 Å². The first-order valence-electron chi connectivity index (χ1n) is 7.16. The van der Waals surface area contributed by atoms with E-state index in [1.165, 1.54) is 17.5 Å². The van der Waals surface area contributed by atoms with E-state index >= 15 is 0 Å². The fourth-order valence-electron chi connectivity index (χ4n) is 1.79. The van der Waals surface area contributed by atoms with Gasteiger partial charge < -0.3 is 0 Å². The van der Waals surface area contributed by atoms with Crippen LogP contribution in [-0.4, -0.2) is 20.7 Å². The fraction of sp³-hybridized carbons (Fsp3) is 0.176. The molecule has 0 aliphatic heterocycles. The molecule has 0 spiro atoms. The van der Waals surface area contributed by atoms with E-state index in [1.54, 1.807) is 30.0 Å². The second-order valence-corrected chi connectivity index (χ2v) is 7.63. The highest BCUT2D eigenvalue weighted by Crippen LogP contribution is 2.18. The molecular weight excluding hydrogens is 333 g/mol. The molecule has 0 aliphatic carbocycles. The van der Waals surface area contributed by atoms with Crippen LogP contribution in [-0.2, 0) is 10.0 Å². The number of halogens is 1. The summed E-state index contributed by atoms with van der Waals surface area (Å²) in [6, 6.07) is 15.5. The monoisotopic (exact) mass is 351 g/mol. The molecule has 0 heterocycles. The topological polar surface area (TPSA) is 46.2 Å². The minimum absolute atomic E-state index is 0.257. The van der Waals surface area contributed by atoms with Crippen LogP contribution in [0.5, 0.6) is 0 Å². The van der Waals surface area contributed by atoms with Crippen molar-refractivity contribution in [2.75, 3.05) is 12.3 Å². The molecule has 1 N–H and O–H groups in total. The van der Waals surface area contributed by atoms with E-state index < -0.39 is 10.0 Å². The summed E-state index contributed by atoms with van der Waals surface area (Å²) in [4.78, 5) is 0.971. The molecule has 0 fully saturated rings. The van der Waals surface area contributed by atoms with Gasteiger partial charge in [-0.2, -0.15) is 0 Å². The number of hydrogen-bond donors (Lipinski definition) is 1. The number of nitrogens with one attached hydrogen (secondary N) is 1. The van der Waals surface area contributed by atoms with Crippen molar-refractivity contribution in [1.82, 2.24) is 4.72 Å². The number of thioether (sulfide) groups is 1. The largest absolute Gasteiger partial charge is 0.233 e. The Labute approximate surface area is 140 Å². The van der Waals surface area contributed by atoms with Crippen molar-refractivity contribution in [3.8, 4) is 0 Å². The van der Waals surface area contributed by atoms with E-state index in [2.05, 4.69) is 4.72 Å². The number of benzene rings is 2. The molecule has 122 valence electrons. The number of rotatable bonds is 8. The van der Waals surface area contributed by atoms with Gasteiger partial charge in [-0.1, -0.05) is 30.3 Å². The molecule has 0 bridgehead atoms. The van der Waals surface area contributed by atoms with Crippen LogP contribution in [0.25, 0.3) is 6.08 Å². The Morgan fingerprint density at radius 1 is 1.04 bits per heavy atom. The summed E-state index contributed by atoms with van der Waals surface area (Å²) in [7, 11) is -3.42. The van der Waals surface area contributed by atoms with Gasteiger partial charge in [-0.25, -0.2) is 17.5 Å². The first-order valence-corrected chi connectivity index (χ1v) is 9.69. The van der Waals surface area contributed by atoms with Gasteiger partial charge in [0, 0.05) is 16.8 Å². The van der Waals surface area contributed by atoms with Crippen LogP contribution < -0.4 is 4.72 Å². The lowest BCUT2D eigenvalue weighted by Gasteiger charge is -2.03. The van der Waals surface area contributed by atoms with E-state index in [4.69, 9.17) is 0 Å². The van der Waals surface area contributed by atoms with Crippen LogP contribution in [0, 0.1) is 5.82 Å². The zero-order valence-corrected chi connectivity index (χ0v) is 14.1. The average Bonchev–Trinajstić information content (AvgIpc) is 2.55. The third-order valence-corrected chi connectivity index (χ3v) is 5.15. The van der Waals surface area contributed by atoms with Gasteiger partial charge in [-0.3, -0.25) is 0 Å². The quantitative estimate of drug-likeness (QED) is 0.580. The molecule has 0 saturated heterocycles. The van der Waals surface area contributed by atoms with Crippen LogP contribution in [0.2, 0.25) is 0 Å². The molecule has 2 aromatic rings. The maximum absolute atomic E-state index is 12.8. The summed E-state index contributed by atoms with van der Waals surface area (Å²) in [5, 5.41) is 1.18. The molecule has 0 unspecified atom stereocenters. The fourth-order valence-corrected chi connectivity index (χ4v) is 3.50. The van der Waals surface area contributed by atoms with Gasteiger partial charge in [0.1, 0.15) is 5.82 Å². The first kappa shape index (κ1) is 17.7. The summed E-state index contributed by atoms with van der Waals surface area (Å²) < 4.78 is 39.0. The summed E-state index contributed by atoms with van der Waals surface area (Å²) in [5.74, 6) is 0.503. The van der Waals surface area contributed by atoms with E-state index in [1.807, 2.05) is 30.3 Å². The summed E-state index contributed by atoms with van der Waals surface area (Å²) >= 11 is 1.57. The molecule has 0 aromatic heterocycles. The third-order valence-electron chi connectivity index (χ3n) is 2.95. The standard InChI is InChI=1S/C17H18FNO2S2/c18-16-7-9-17(10-8-16)22-13-4-12-19-23(20,21)14-11-15-5-2-1-3-6-15/h1-3,5-11,14,19H,4,12-13H2/b14-11+. The maximum Gasteiger partial charge on any atom is 0.233 e. The van der Waals surface area contributed by atoms with Gasteiger partial charge in [0.15, 0.2) is 0 Å². The van der Waals surface area contributed by atoms with Crippen molar-refractivity contribution in [1.29, 1.82) is 0 Å². The van der Waals surface area contributed by atoms with Crippen LogP contribution in [0.3, 0.4) is 0 Å². The Balaban J connectivity index is 1.70. The Kier molecular flexibility index (Phi) is 6.83. The Bertz CT molecular complexity index is 729. The molecule has 3 nitrogen and oxygen atoms in total. The molecular formula is C17H18FNO2S2. The van der Waals surface area contributed by atoms with E-state index in [0.717, 1.165) is 16.2 Å². The van der Waals surface area contributed by atoms with Crippen molar-refractivity contribution in [3.05, 3.63) is 71.4 Å². The van der Waals surface area contributed by atoms with Gasteiger partial charge in [-0.05, 0) is 48.1 Å². The summed E-state index contributed by atoms with van der Waals surface area (Å²) in [5.41, 5.74) is 0.838. The Morgan fingerprint density at radius 3 is 2.43 bits per heavy atom. The van der Waals surface area contributed by atoms with E-state index in [-0.39, 0.29) is 5.82 Å². The first-order chi connectivity index (χ1) is 11.1. The lowest BCUT2D eigenvalue weighted by Crippen LogP contribution is -2.22. The zero-order valence-electron chi connectivity index (χ0n) is 12.5. The zero-order chi connectivity index (χ0) is 16.5. The van der Waals surface area contributed by atoms with Gasteiger partial charge >= 0.3 is 0 Å².